The maximum atomic E-state index is 12.5. The Morgan fingerprint density at radius 3 is 2.44 bits per heavy atom. The number of anilines is 1. The molecule has 0 radical (unpaired) electrons. The Balaban J connectivity index is 1.60. The first-order valence-corrected chi connectivity index (χ1v) is 10.3. The number of alkyl halides is 3. The van der Waals surface area contributed by atoms with Crippen LogP contribution in [0.2, 0.25) is 0 Å². The van der Waals surface area contributed by atoms with Crippen LogP contribution in [-0.4, -0.2) is 74.0 Å². The van der Waals surface area contributed by atoms with E-state index < -0.39 is 30.2 Å². The minimum atomic E-state index is -4.82. The van der Waals surface area contributed by atoms with Gasteiger partial charge in [-0.3, -0.25) is 4.79 Å². The molecule has 0 aliphatic carbocycles. The smallest absolute Gasteiger partial charge is 0.465 e. The summed E-state index contributed by atoms with van der Waals surface area (Å²) in [6.45, 7) is 0.689. The predicted octanol–water partition coefficient (Wildman–Crippen LogP) is 2.49. The van der Waals surface area contributed by atoms with Crippen molar-refractivity contribution in [2.24, 2.45) is 0 Å². The average Bonchev–Trinajstić information content (AvgIpc) is 3.27. The molecule has 10 nitrogen and oxygen atoms in total. The highest BCUT2D eigenvalue weighted by Gasteiger charge is 2.38. The van der Waals surface area contributed by atoms with Crippen molar-refractivity contribution in [3.8, 4) is 11.4 Å². The molecule has 2 N–H and O–H groups in total. The summed E-state index contributed by atoms with van der Waals surface area (Å²) in [5.74, 6) is -1.12. The first-order valence-electron chi connectivity index (χ1n) is 10.3. The van der Waals surface area contributed by atoms with E-state index >= 15 is 0 Å². The number of ether oxygens (including phenoxy) is 1. The fourth-order valence-electron chi connectivity index (χ4n) is 4.24. The van der Waals surface area contributed by atoms with Crippen molar-refractivity contribution in [3.05, 3.63) is 42.2 Å². The van der Waals surface area contributed by atoms with Crippen LogP contribution in [0.15, 0.2) is 36.5 Å². The molecule has 2 aromatic heterocycles. The number of amides is 2. The van der Waals surface area contributed by atoms with Gasteiger partial charge in [-0.15, -0.1) is 13.2 Å². The van der Waals surface area contributed by atoms with E-state index in [1.807, 2.05) is 0 Å². The maximum absolute atomic E-state index is 12.5. The lowest BCUT2D eigenvalue weighted by Gasteiger charge is -2.36. The number of aromatic nitrogens is 3. The largest absolute Gasteiger partial charge is 0.573 e. The van der Waals surface area contributed by atoms with Crippen LogP contribution >= 0.6 is 0 Å². The molecule has 4 heterocycles. The first-order chi connectivity index (χ1) is 16.1. The summed E-state index contributed by atoms with van der Waals surface area (Å²) in [6.07, 6.45) is -5.26. The van der Waals surface area contributed by atoms with Crippen molar-refractivity contribution in [3.63, 3.8) is 0 Å². The standard InChI is InChI=1S/C21H18F3N5O5/c22-21(23,24)34-13-3-1-12(2-4-13)29-18-16(17(26-29)11-9-27(10-11)20(32)33)14(5-7-25-18)28-8-6-15(30)19(28)31/h1-5,7,11,15,30H,6,8-10H2,(H,32,33)/t15-/m1/s1. The van der Waals surface area contributed by atoms with Crippen molar-refractivity contribution >= 4 is 28.7 Å². The Kier molecular flexibility index (Phi) is 5.08. The lowest BCUT2D eigenvalue weighted by atomic mass is 9.94. The van der Waals surface area contributed by atoms with Crippen LogP contribution in [-0.2, 0) is 4.79 Å². The third-order valence-corrected chi connectivity index (χ3v) is 5.90. The molecule has 178 valence electrons. The monoisotopic (exact) mass is 477 g/mol. The number of likely N-dealkylation sites (tertiary alicyclic amines) is 1. The van der Waals surface area contributed by atoms with Gasteiger partial charge in [0.05, 0.1) is 22.5 Å². The summed E-state index contributed by atoms with van der Waals surface area (Å²) < 4.78 is 42.9. The number of pyridine rings is 1. The van der Waals surface area contributed by atoms with Crippen molar-refractivity contribution in [2.45, 2.75) is 24.8 Å². The zero-order valence-corrected chi connectivity index (χ0v) is 17.4. The molecule has 34 heavy (non-hydrogen) atoms. The SMILES string of the molecule is O=C(O)N1CC(c2nn(-c3ccc(OC(F)(F)F)cc3)c3nccc(N4CC[C@@H](O)C4=O)c23)C1. The number of hydrogen-bond donors (Lipinski definition) is 2. The summed E-state index contributed by atoms with van der Waals surface area (Å²) in [5.41, 5.74) is 1.75. The molecule has 2 aliphatic rings. The van der Waals surface area contributed by atoms with Crippen LogP contribution < -0.4 is 9.64 Å². The van der Waals surface area contributed by atoms with Crippen LogP contribution in [0.3, 0.4) is 0 Å². The van der Waals surface area contributed by atoms with Gasteiger partial charge in [-0.1, -0.05) is 0 Å². The number of nitrogens with zero attached hydrogens (tertiary/aromatic N) is 5. The van der Waals surface area contributed by atoms with Crippen LogP contribution in [0.25, 0.3) is 16.7 Å². The maximum Gasteiger partial charge on any atom is 0.573 e. The number of halogens is 3. The van der Waals surface area contributed by atoms with E-state index in [9.17, 15) is 33.0 Å². The fourth-order valence-corrected chi connectivity index (χ4v) is 4.24. The molecule has 0 spiro atoms. The third kappa shape index (κ3) is 3.77. The molecule has 1 aromatic carbocycles. The summed E-state index contributed by atoms with van der Waals surface area (Å²) in [5, 5.41) is 24.3. The number of hydrogen-bond acceptors (Lipinski definition) is 6. The van der Waals surface area contributed by atoms with Gasteiger partial charge < -0.3 is 24.7 Å². The second-order valence-electron chi connectivity index (χ2n) is 8.05. The highest BCUT2D eigenvalue weighted by molar-refractivity contribution is 6.06. The van der Waals surface area contributed by atoms with Gasteiger partial charge in [0.25, 0.3) is 5.91 Å². The molecule has 2 fully saturated rings. The molecular weight excluding hydrogens is 459 g/mol. The van der Waals surface area contributed by atoms with Gasteiger partial charge in [0.1, 0.15) is 11.9 Å². The normalized spacial score (nSPS) is 19.1. The van der Waals surface area contributed by atoms with E-state index in [-0.39, 0.29) is 25.4 Å². The Labute approximate surface area is 189 Å². The lowest BCUT2D eigenvalue weighted by Crippen LogP contribution is -2.48. The molecule has 3 aromatic rings. The van der Waals surface area contributed by atoms with E-state index in [0.717, 1.165) is 12.1 Å². The van der Waals surface area contributed by atoms with Crippen molar-refractivity contribution in [1.29, 1.82) is 0 Å². The number of carbonyl (C=O) groups is 2. The van der Waals surface area contributed by atoms with E-state index in [1.165, 1.54) is 32.8 Å². The number of benzene rings is 1. The number of aliphatic hydroxyl groups excluding tert-OH is 1. The summed E-state index contributed by atoms with van der Waals surface area (Å²) >= 11 is 0. The second kappa shape index (κ2) is 7.87. The second-order valence-corrected chi connectivity index (χ2v) is 8.05. The number of fused-ring (bicyclic) bond motifs is 1. The molecular formula is C21H18F3N5O5. The van der Waals surface area contributed by atoms with Crippen LogP contribution in [0.1, 0.15) is 18.0 Å². The average molecular weight is 477 g/mol. The first kappa shape index (κ1) is 21.9. The van der Waals surface area contributed by atoms with Gasteiger partial charge in [0.2, 0.25) is 0 Å². The summed E-state index contributed by atoms with van der Waals surface area (Å²) in [4.78, 5) is 30.8. The molecule has 2 amide bonds. The zero-order chi connectivity index (χ0) is 24.2. The number of aliphatic hydroxyl groups is 1. The van der Waals surface area contributed by atoms with Crippen LogP contribution in [0.4, 0.5) is 23.7 Å². The number of carboxylic acid groups (broad SMARTS) is 1. The third-order valence-electron chi connectivity index (χ3n) is 5.90. The number of carbonyl (C=O) groups excluding carboxylic acids is 1. The molecule has 1 atom stereocenters. The Morgan fingerprint density at radius 2 is 1.85 bits per heavy atom. The molecule has 0 saturated carbocycles. The minimum absolute atomic E-state index is 0.199. The van der Waals surface area contributed by atoms with Gasteiger partial charge >= 0.3 is 12.5 Å². The Morgan fingerprint density at radius 1 is 1.15 bits per heavy atom. The fraction of sp³-hybridized carbons (Fsp3) is 0.333. The van der Waals surface area contributed by atoms with Crippen LogP contribution in [0.5, 0.6) is 5.75 Å². The van der Waals surface area contributed by atoms with Gasteiger partial charge in [-0.2, -0.15) is 5.10 Å². The molecule has 0 bridgehead atoms. The minimum Gasteiger partial charge on any atom is -0.465 e. The number of rotatable bonds is 4. The molecule has 0 unspecified atom stereocenters. The Hall–Kier alpha value is -3.87. The molecule has 2 saturated heterocycles. The van der Waals surface area contributed by atoms with Gasteiger partial charge in [0, 0.05) is 38.2 Å². The topological polar surface area (TPSA) is 121 Å². The van der Waals surface area contributed by atoms with E-state index in [2.05, 4.69) is 14.8 Å². The molecule has 13 heteroatoms. The van der Waals surface area contributed by atoms with E-state index in [0.29, 0.717) is 34.6 Å². The highest BCUT2D eigenvalue weighted by atomic mass is 19.4. The quantitative estimate of drug-likeness (QED) is 0.592. The van der Waals surface area contributed by atoms with Crippen molar-refractivity contribution in [1.82, 2.24) is 19.7 Å². The predicted molar refractivity (Wildman–Crippen MR) is 111 cm³/mol. The van der Waals surface area contributed by atoms with Crippen molar-refractivity contribution in [2.75, 3.05) is 24.5 Å². The highest BCUT2D eigenvalue weighted by Crippen LogP contribution is 2.38. The van der Waals surface area contributed by atoms with Gasteiger partial charge in [-0.25, -0.2) is 14.5 Å². The summed E-state index contributed by atoms with van der Waals surface area (Å²) in [6, 6.07) is 6.70. The molecule has 2 aliphatic heterocycles. The van der Waals surface area contributed by atoms with Gasteiger partial charge in [-0.05, 0) is 30.3 Å². The van der Waals surface area contributed by atoms with Crippen LogP contribution in [0, 0.1) is 0 Å². The zero-order valence-electron chi connectivity index (χ0n) is 17.4. The summed E-state index contributed by atoms with van der Waals surface area (Å²) in [7, 11) is 0. The van der Waals surface area contributed by atoms with E-state index in [4.69, 9.17) is 0 Å². The lowest BCUT2D eigenvalue weighted by molar-refractivity contribution is -0.274. The van der Waals surface area contributed by atoms with Gasteiger partial charge in [0.15, 0.2) is 5.65 Å². The van der Waals surface area contributed by atoms with Crippen molar-refractivity contribution < 1.29 is 37.7 Å². The molecule has 5 rings (SSSR count). The Bertz CT molecular complexity index is 1270. The van der Waals surface area contributed by atoms with E-state index in [1.54, 1.807) is 6.07 Å².